The minimum atomic E-state index is -0.656. The van der Waals surface area contributed by atoms with Crippen LogP contribution in [-0.4, -0.2) is 10.9 Å². The Kier molecular flexibility index (Phi) is 3.39. The second-order valence-corrected chi connectivity index (χ2v) is 3.70. The lowest BCUT2D eigenvalue weighted by Gasteiger charge is -2.05. The van der Waals surface area contributed by atoms with E-state index in [2.05, 4.69) is 10.3 Å². The van der Waals surface area contributed by atoms with Crippen molar-refractivity contribution in [1.29, 1.82) is 5.26 Å². The molecule has 0 atom stereocenters. The van der Waals surface area contributed by atoms with Gasteiger partial charge in [-0.05, 0) is 24.3 Å². The quantitative estimate of drug-likeness (QED) is 0.857. The van der Waals surface area contributed by atoms with Crippen LogP contribution in [0.25, 0.3) is 0 Å². The van der Waals surface area contributed by atoms with Crippen molar-refractivity contribution in [3.8, 4) is 6.07 Å². The maximum absolute atomic E-state index is 13.1. The summed E-state index contributed by atoms with van der Waals surface area (Å²) in [5, 5.41) is 11.2. The highest BCUT2D eigenvalue weighted by atomic mass is 19.1. The predicted molar refractivity (Wildman–Crippen MR) is 66.1 cm³/mol. The van der Waals surface area contributed by atoms with Gasteiger partial charge in [-0.2, -0.15) is 5.26 Å². The lowest BCUT2D eigenvalue weighted by molar-refractivity contribution is 0.102. The van der Waals surface area contributed by atoms with Gasteiger partial charge < -0.3 is 10.3 Å². The number of H-pyrrole nitrogens is 1. The van der Waals surface area contributed by atoms with Gasteiger partial charge in [0, 0.05) is 23.5 Å². The summed E-state index contributed by atoms with van der Waals surface area (Å²) in [4.78, 5) is 25.3. The Hall–Kier alpha value is -2.94. The number of hydrogen-bond acceptors (Lipinski definition) is 3. The van der Waals surface area contributed by atoms with Crippen LogP contribution in [0.15, 0.2) is 41.3 Å². The van der Waals surface area contributed by atoms with E-state index >= 15 is 0 Å². The van der Waals surface area contributed by atoms with E-state index in [1.807, 2.05) is 0 Å². The molecule has 2 aromatic rings. The van der Waals surface area contributed by atoms with Crippen LogP contribution in [0, 0.1) is 17.1 Å². The molecule has 0 aliphatic heterocycles. The Labute approximate surface area is 107 Å². The standard InChI is InChI=1S/C13H8FN3O2/c14-11-2-1-10(5-9(11)7-15)17-13(19)8-3-4-16-12(18)6-8/h1-6H,(H,16,18)(H,17,19). The third-order valence-electron chi connectivity index (χ3n) is 2.38. The number of nitrogens with one attached hydrogen (secondary N) is 2. The number of nitrogens with zero attached hydrogens (tertiary/aromatic N) is 1. The van der Waals surface area contributed by atoms with E-state index in [1.165, 1.54) is 24.4 Å². The van der Waals surface area contributed by atoms with Gasteiger partial charge in [-0.3, -0.25) is 9.59 Å². The SMILES string of the molecule is N#Cc1cc(NC(=O)c2cc[nH]c(=O)c2)ccc1F. The summed E-state index contributed by atoms with van der Waals surface area (Å²) in [7, 11) is 0. The number of carbonyl (C=O) groups excluding carboxylic acids is 1. The Morgan fingerprint density at radius 2 is 2.11 bits per heavy atom. The van der Waals surface area contributed by atoms with Crippen molar-refractivity contribution < 1.29 is 9.18 Å². The molecule has 0 fully saturated rings. The number of nitriles is 1. The molecule has 2 N–H and O–H groups in total. The molecule has 94 valence electrons. The molecule has 2 rings (SSSR count). The molecule has 1 amide bonds. The summed E-state index contributed by atoms with van der Waals surface area (Å²) in [5.41, 5.74) is -0.108. The number of anilines is 1. The fourth-order valence-corrected chi connectivity index (χ4v) is 1.48. The molecular weight excluding hydrogens is 249 g/mol. The van der Waals surface area contributed by atoms with Crippen LogP contribution in [0.2, 0.25) is 0 Å². The zero-order valence-electron chi connectivity index (χ0n) is 9.61. The highest BCUT2D eigenvalue weighted by Crippen LogP contribution is 2.14. The average molecular weight is 257 g/mol. The number of rotatable bonds is 2. The summed E-state index contributed by atoms with van der Waals surface area (Å²) in [5.74, 6) is -1.17. The van der Waals surface area contributed by atoms with Gasteiger partial charge in [-0.15, -0.1) is 0 Å². The Balaban J connectivity index is 2.25. The molecule has 0 aliphatic rings. The van der Waals surface area contributed by atoms with Crippen LogP contribution in [-0.2, 0) is 0 Å². The van der Waals surface area contributed by atoms with Crippen molar-refractivity contribution in [2.45, 2.75) is 0 Å². The Morgan fingerprint density at radius 3 is 2.79 bits per heavy atom. The van der Waals surface area contributed by atoms with Gasteiger partial charge in [0.2, 0.25) is 5.56 Å². The number of aromatic amines is 1. The first-order valence-corrected chi connectivity index (χ1v) is 5.30. The van der Waals surface area contributed by atoms with E-state index in [1.54, 1.807) is 6.07 Å². The first-order valence-electron chi connectivity index (χ1n) is 5.30. The number of pyridine rings is 1. The maximum atomic E-state index is 13.1. The van der Waals surface area contributed by atoms with Crippen LogP contribution in [0.1, 0.15) is 15.9 Å². The number of aromatic nitrogens is 1. The van der Waals surface area contributed by atoms with Crippen molar-refractivity contribution in [2.75, 3.05) is 5.32 Å². The molecule has 0 saturated heterocycles. The van der Waals surface area contributed by atoms with Gasteiger partial charge in [-0.1, -0.05) is 0 Å². The first-order chi connectivity index (χ1) is 9.10. The summed E-state index contributed by atoms with van der Waals surface area (Å²) >= 11 is 0. The zero-order chi connectivity index (χ0) is 13.8. The molecular formula is C13H8FN3O2. The normalized spacial score (nSPS) is 9.68. The fourth-order valence-electron chi connectivity index (χ4n) is 1.48. The third kappa shape index (κ3) is 2.84. The van der Waals surface area contributed by atoms with Gasteiger partial charge in [0.25, 0.3) is 5.91 Å². The molecule has 0 spiro atoms. The Morgan fingerprint density at radius 1 is 1.32 bits per heavy atom. The summed E-state index contributed by atoms with van der Waals surface area (Å²) in [6, 6.07) is 7.90. The highest BCUT2D eigenvalue weighted by molar-refractivity contribution is 6.04. The lowest BCUT2D eigenvalue weighted by atomic mass is 10.2. The van der Waals surface area contributed by atoms with Crippen molar-refractivity contribution >= 4 is 11.6 Å². The number of hydrogen-bond donors (Lipinski definition) is 2. The van der Waals surface area contributed by atoms with Gasteiger partial charge in [0.15, 0.2) is 0 Å². The predicted octanol–water partition coefficient (Wildman–Crippen LogP) is 1.64. The van der Waals surface area contributed by atoms with Crippen LogP contribution < -0.4 is 10.9 Å². The van der Waals surface area contributed by atoms with Gasteiger partial charge in [0.05, 0.1) is 5.56 Å². The van der Waals surface area contributed by atoms with Crippen molar-refractivity contribution in [3.05, 3.63) is 63.8 Å². The lowest BCUT2D eigenvalue weighted by Crippen LogP contribution is -2.15. The summed E-state index contributed by atoms with van der Waals surface area (Å²) in [6.45, 7) is 0. The molecule has 0 unspecified atom stereocenters. The number of halogens is 1. The minimum Gasteiger partial charge on any atom is -0.329 e. The van der Waals surface area contributed by atoms with Crippen LogP contribution in [0.3, 0.4) is 0 Å². The smallest absolute Gasteiger partial charge is 0.255 e. The van der Waals surface area contributed by atoms with Crippen LogP contribution in [0.5, 0.6) is 0 Å². The van der Waals surface area contributed by atoms with Gasteiger partial charge in [-0.25, -0.2) is 4.39 Å². The van der Waals surface area contributed by atoms with Gasteiger partial charge in [0.1, 0.15) is 11.9 Å². The van der Waals surface area contributed by atoms with Crippen molar-refractivity contribution in [1.82, 2.24) is 4.98 Å². The molecule has 0 aliphatic carbocycles. The third-order valence-corrected chi connectivity index (χ3v) is 2.38. The minimum absolute atomic E-state index is 0.163. The zero-order valence-corrected chi connectivity index (χ0v) is 9.61. The summed E-state index contributed by atoms with van der Waals surface area (Å²) < 4.78 is 13.1. The second kappa shape index (κ2) is 5.14. The van der Waals surface area contributed by atoms with E-state index in [0.717, 1.165) is 12.1 Å². The molecule has 1 aromatic heterocycles. The molecule has 1 aromatic carbocycles. The largest absolute Gasteiger partial charge is 0.329 e. The monoisotopic (exact) mass is 257 g/mol. The van der Waals surface area contributed by atoms with Crippen LogP contribution >= 0.6 is 0 Å². The molecule has 5 nitrogen and oxygen atoms in total. The summed E-state index contributed by atoms with van der Waals surface area (Å²) in [6.07, 6.45) is 1.35. The molecule has 0 saturated carbocycles. The maximum Gasteiger partial charge on any atom is 0.255 e. The Bertz CT molecular complexity index is 731. The van der Waals surface area contributed by atoms with E-state index in [9.17, 15) is 14.0 Å². The van der Waals surface area contributed by atoms with Crippen molar-refractivity contribution in [3.63, 3.8) is 0 Å². The van der Waals surface area contributed by atoms with Gasteiger partial charge >= 0.3 is 0 Å². The molecule has 19 heavy (non-hydrogen) atoms. The number of carbonyl (C=O) groups is 1. The number of benzene rings is 1. The average Bonchev–Trinajstić information content (AvgIpc) is 2.41. The highest BCUT2D eigenvalue weighted by Gasteiger charge is 2.08. The van der Waals surface area contributed by atoms with E-state index in [4.69, 9.17) is 5.26 Å². The molecule has 0 radical (unpaired) electrons. The topological polar surface area (TPSA) is 85.8 Å². The molecule has 0 bridgehead atoms. The van der Waals surface area contributed by atoms with Crippen LogP contribution in [0.4, 0.5) is 10.1 Å². The van der Waals surface area contributed by atoms with Crippen molar-refractivity contribution in [2.24, 2.45) is 0 Å². The second-order valence-electron chi connectivity index (χ2n) is 3.70. The van der Waals surface area contributed by atoms with E-state index in [0.29, 0.717) is 0 Å². The first kappa shape index (κ1) is 12.5. The fraction of sp³-hybridized carbons (Fsp3) is 0. The van der Waals surface area contributed by atoms with E-state index in [-0.39, 0.29) is 16.8 Å². The number of amides is 1. The molecule has 6 heteroatoms. The molecule has 1 heterocycles. The van der Waals surface area contributed by atoms with E-state index < -0.39 is 17.3 Å².